The van der Waals surface area contributed by atoms with E-state index < -0.39 is 0 Å². The Morgan fingerprint density at radius 3 is 2.81 bits per heavy atom. The zero-order valence-electron chi connectivity index (χ0n) is 18.8. The lowest BCUT2D eigenvalue weighted by Crippen LogP contribution is -2.48. The van der Waals surface area contributed by atoms with Crippen molar-refractivity contribution in [3.05, 3.63) is 40.2 Å². The quantitative estimate of drug-likeness (QED) is 0.574. The molecular weight excluding hydrogens is 412 g/mol. The summed E-state index contributed by atoms with van der Waals surface area (Å²) in [6.45, 7) is 12.3. The summed E-state index contributed by atoms with van der Waals surface area (Å²) in [7, 11) is 0. The van der Waals surface area contributed by atoms with Gasteiger partial charge in [0.2, 0.25) is 0 Å². The van der Waals surface area contributed by atoms with Gasteiger partial charge in [0.15, 0.2) is 5.11 Å². The second kappa shape index (κ2) is 11.5. The number of nitrogens with zero attached hydrogens (tertiary/aromatic N) is 2. The van der Waals surface area contributed by atoms with Gasteiger partial charge in [0, 0.05) is 48.7 Å². The molecule has 1 atom stereocenters. The van der Waals surface area contributed by atoms with Gasteiger partial charge in [-0.3, -0.25) is 9.69 Å². The van der Waals surface area contributed by atoms with Gasteiger partial charge < -0.3 is 24.7 Å². The van der Waals surface area contributed by atoms with Crippen LogP contribution in [-0.4, -0.2) is 71.9 Å². The Hall–Kier alpha value is -2.16. The SMILES string of the molecule is CCOc1ccc2[nH]c(=O)c(CN(CCN3CCOCC3)C(=S)N[C@H](C)CC)cc2c1. The van der Waals surface area contributed by atoms with Crippen LogP contribution in [-0.2, 0) is 11.3 Å². The summed E-state index contributed by atoms with van der Waals surface area (Å²) in [6.07, 6.45) is 0.980. The fraction of sp³-hybridized carbons (Fsp3) is 0.565. The number of fused-ring (bicyclic) bond motifs is 1. The van der Waals surface area contributed by atoms with Gasteiger partial charge in [0.1, 0.15) is 5.75 Å². The van der Waals surface area contributed by atoms with Crippen molar-refractivity contribution >= 4 is 28.2 Å². The van der Waals surface area contributed by atoms with Gasteiger partial charge in [-0.25, -0.2) is 0 Å². The van der Waals surface area contributed by atoms with Crippen molar-refractivity contribution in [3.63, 3.8) is 0 Å². The third-order valence-electron chi connectivity index (χ3n) is 5.62. The van der Waals surface area contributed by atoms with Crippen LogP contribution in [0.15, 0.2) is 29.1 Å². The molecule has 0 saturated carbocycles. The average Bonchev–Trinajstić information content (AvgIpc) is 2.77. The van der Waals surface area contributed by atoms with E-state index in [2.05, 4.69) is 33.9 Å². The number of rotatable bonds is 9. The molecule has 0 bridgehead atoms. The summed E-state index contributed by atoms with van der Waals surface area (Å²) in [4.78, 5) is 20.3. The molecule has 2 heterocycles. The van der Waals surface area contributed by atoms with Crippen LogP contribution in [0.25, 0.3) is 10.9 Å². The highest BCUT2D eigenvalue weighted by Crippen LogP contribution is 2.19. The highest BCUT2D eigenvalue weighted by atomic mass is 32.1. The second-order valence-corrected chi connectivity index (χ2v) is 8.33. The molecule has 1 fully saturated rings. The van der Waals surface area contributed by atoms with E-state index in [0.29, 0.717) is 23.8 Å². The number of benzene rings is 1. The van der Waals surface area contributed by atoms with Gasteiger partial charge in [-0.1, -0.05) is 6.92 Å². The first-order chi connectivity index (χ1) is 15.0. The van der Waals surface area contributed by atoms with Crippen molar-refractivity contribution in [3.8, 4) is 5.75 Å². The molecule has 1 aliphatic heterocycles. The van der Waals surface area contributed by atoms with E-state index in [4.69, 9.17) is 21.7 Å². The molecule has 7 nitrogen and oxygen atoms in total. The van der Waals surface area contributed by atoms with Crippen molar-refractivity contribution in [2.24, 2.45) is 0 Å². The van der Waals surface area contributed by atoms with E-state index in [0.717, 1.165) is 62.5 Å². The Morgan fingerprint density at radius 1 is 1.32 bits per heavy atom. The van der Waals surface area contributed by atoms with Gasteiger partial charge in [-0.15, -0.1) is 0 Å². The fourth-order valence-electron chi connectivity index (χ4n) is 3.55. The molecule has 8 heteroatoms. The van der Waals surface area contributed by atoms with Gasteiger partial charge in [-0.05, 0) is 56.8 Å². The monoisotopic (exact) mass is 446 g/mol. The number of aromatic amines is 1. The Labute approximate surface area is 189 Å². The van der Waals surface area contributed by atoms with E-state index >= 15 is 0 Å². The zero-order chi connectivity index (χ0) is 22.2. The number of morpholine rings is 1. The first kappa shape index (κ1) is 23.5. The van der Waals surface area contributed by atoms with Crippen LogP contribution in [0.3, 0.4) is 0 Å². The van der Waals surface area contributed by atoms with Gasteiger partial charge >= 0.3 is 0 Å². The number of aromatic nitrogens is 1. The van der Waals surface area contributed by atoms with E-state index in [-0.39, 0.29) is 11.6 Å². The maximum atomic E-state index is 12.8. The topological polar surface area (TPSA) is 69.8 Å². The molecule has 1 aromatic carbocycles. The Kier molecular flexibility index (Phi) is 8.69. The molecule has 0 spiro atoms. The molecule has 170 valence electrons. The lowest BCUT2D eigenvalue weighted by Gasteiger charge is -2.32. The van der Waals surface area contributed by atoms with Crippen molar-refractivity contribution in [1.29, 1.82) is 0 Å². The molecule has 2 aromatic rings. The number of nitrogens with one attached hydrogen (secondary N) is 2. The molecule has 3 rings (SSSR count). The van der Waals surface area contributed by atoms with Crippen molar-refractivity contribution in [1.82, 2.24) is 20.1 Å². The summed E-state index contributed by atoms with van der Waals surface area (Å²) in [6, 6.07) is 7.95. The van der Waals surface area contributed by atoms with E-state index in [1.807, 2.05) is 31.2 Å². The van der Waals surface area contributed by atoms with Gasteiger partial charge in [0.05, 0.1) is 26.4 Å². The maximum Gasteiger partial charge on any atom is 0.253 e. The van der Waals surface area contributed by atoms with Crippen LogP contribution < -0.4 is 15.6 Å². The van der Waals surface area contributed by atoms with Crippen molar-refractivity contribution < 1.29 is 9.47 Å². The molecule has 0 amide bonds. The number of ether oxygens (including phenoxy) is 2. The van der Waals surface area contributed by atoms with E-state index in [1.54, 1.807) is 0 Å². The van der Waals surface area contributed by atoms with Crippen LogP contribution in [0.1, 0.15) is 32.8 Å². The molecule has 31 heavy (non-hydrogen) atoms. The van der Waals surface area contributed by atoms with Crippen LogP contribution in [0, 0.1) is 0 Å². The third kappa shape index (κ3) is 6.66. The summed E-state index contributed by atoms with van der Waals surface area (Å²) < 4.78 is 11.1. The van der Waals surface area contributed by atoms with Crippen LogP contribution >= 0.6 is 12.2 Å². The maximum absolute atomic E-state index is 12.8. The highest BCUT2D eigenvalue weighted by Gasteiger charge is 2.17. The number of hydrogen-bond donors (Lipinski definition) is 2. The predicted molar refractivity (Wildman–Crippen MR) is 129 cm³/mol. The molecular formula is C23H34N4O3S. The number of pyridine rings is 1. The highest BCUT2D eigenvalue weighted by molar-refractivity contribution is 7.80. The number of H-pyrrole nitrogens is 1. The third-order valence-corrected chi connectivity index (χ3v) is 6.00. The largest absolute Gasteiger partial charge is 0.494 e. The molecule has 0 radical (unpaired) electrons. The Balaban J connectivity index is 1.80. The van der Waals surface area contributed by atoms with E-state index in [9.17, 15) is 4.79 Å². The number of thiocarbonyl (C=S) groups is 1. The normalized spacial score (nSPS) is 15.6. The first-order valence-electron chi connectivity index (χ1n) is 11.1. The fourth-order valence-corrected chi connectivity index (χ4v) is 3.91. The minimum atomic E-state index is -0.0839. The summed E-state index contributed by atoms with van der Waals surface area (Å²) in [5.41, 5.74) is 1.41. The van der Waals surface area contributed by atoms with Crippen molar-refractivity contribution in [2.45, 2.75) is 39.8 Å². The average molecular weight is 447 g/mol. The molecule has 2 N–H and O–H groups in total. The lowest BCUT2D eigenvalue weighted by molar-refractivity contribution is 0.0357. The predicted octanol–water partition coefficient (Wildman–Crippen LogP) is 2.73. The Morgan fingerprint density at radius 2 is 2.10 bits per heavy atom. The van der Waals surface area contributed by atoms with Crippen molar-refractivity contribution in [2.75, 3.05) is 46.0 Å². The molecule has 1 saturated heterocycles. The van der Waals surface area contributed by atoms with Crippen LogP contribution in [0.5, 0.6) is 5.75 Å². The molecule has 0 unspecified atom stereocenters. The molecule has 0 aliphatic carbocycles. The second-order valence-electron chi connectivity index (χ2n) is 7.94. The first-order valence-corrected chi connectivity index (χ1v) is 11.5. The molecule has 1 aromatic heterocycles. The van der Waals surface area contributed by atoms with Crippen LogP contribution in [0.2, 0.25) is 0 Å². The van der Waals surface area contributed by atoms with Gasteiger partial charge in [0.25, 0.3) is 5.56 Å². The van der Waals surface area contributed by atoms with Gasteiger partial charge in [-0.2, -0.15) is 0 Å². The summed E-state index contributed by atoms with van der Waals surface area (Å²) in [5.74, 6) is 0.797. The smallest absolute Gasteiger partial charge is 0.253 e. The number of hydrogen-bond acceptors (Lipinski definition) is 5. The van der Waals surface area contributed by atoms with Crippen LogP contribution in [0.4, 0.5) is 0 Å². The minimum Gasteiger partial charge on any atom is -0.494 e. The standard InChI is InChI=1S/C23H34N4O3S/c1-4-17(3)24-23(31)27(9-8-26-10-12-29-13-11-26)16-19-14-18-15-20(30-5-2)6-7-21(18)25-22(19)28/h6-7,14-15,17H,4-5,8-13,16H2,1-3H3,(H,24,31)(H,25,28)/t17-/m1/s1. The lowest BCUT2D eigenvalue weighted by atomic mass is 10.1. The minimum absolute atomic E-state index is 0.0839. The zero-order valence-corrected chi connectivity index (χ0v) is 19.6. The summed E-state index contributed by atoms with van der Waals surface area (Å²) >= 11 is 5.72. The molecule has 1 aliphatic rings. The Bertz CT molecular complexity index is 927. The summed E-state index contributed by atoms with van der Waals surface area (Å²) in [5, 5.41) is 5.04. The van der Waals surface area contributed by atoms with E-state index in [1.165, 1.54) is 0 Å².